The molecule has 0 aliphatic carbocycles. The Morgan fingerprint density at radius 1 is 1.33 bits per heavy atom. The summed E-state index contributed by atoms with van der Waals surface area (Å²) in [6.07, 6.45) is 0. The molecular weight excluding hydrogens is 240 g/mol. The lowest BCUT2D eigenvalue weighted by Gasteiger charge is -2.15. The molecule has 0 aliphatic rings. The Bertz CT molecular complexity index is 348. The number of nitrogens with one attached hydrogen (secondary N) is 1. The Balaban J connectivity index is 2.48. The summed E-state index contributed by atoms with van der Waals surface area (Å²) >= 11 is 0. The van der Waals surface area contributed by atoms with Crippen LogP contribution in [0.15, 0.2) is 24.3 Å². The minimum Gasteiger partial charge on any atom is -0.435 e. The van der Waals surface area contributed by atoms with E-state index in [1.54, 1.807) is 12.1 Å². The molecule has 0 aliphatic heterocycles. The van der Waals surface area contributed by atoms with Crippen LogP contribution in [-0.4, -0.2) is 26.4 Å². The Labute approximate surface area is 106 Å². The molecule has 0 saturated heterocycles. The Kier molecular flexibility index (Phi) is 6.60. The van der Waals surface area contributed by atoms with Crippen molar-refractivity contribution in [2.45, 2.75) is 26.5 Å². The van der Waals surface area contributed by atoms with E-state index < -0.39 is 6.61 Å². The first-order valence-corrected chi connectivity index (χ1v) is 5.99. The zero-order valence-electron chi connectivity index (χ0n) is 10.7. The third kappa shape index (κ3) is 5.42. The van der Waals surface area contributed by atoms with Crippen molar-refractivity contribution in [2.75, 3.05) is 19.8 Å². The highest BCUT2D eigenvalue weighted by Gasteiger charge is 2.08. The first-order chi connectivity index (χ1) is 8.63. The summed E-state index contributed by atoms with van der Waals surface area (Å²) < 4.78 is 33.7. The smallest absolute Gasteiger partial charge is 0.387 e. The first kappa shape index (κ1) is 14.9. The Hall–Kier alpha value is -1.20. The highest BCUT2D eigenvalue weighted by Crippen LogP contribution is 2.20. The standard InChI is InChI=1S/C13H19F2NO2/c1-3-17-8-7-16-10(2)11-5-4-6-12(9-11)18-13(14)15/h4-6,9-10,13,16H,3,7-8H2,1-2H3. The van der Waals surface area contributed by atoms with Crippen LogP contribution in [0, 0.1) is 0 Å². The fourth-order valence-corrected chi connectivity index (χ4v) is 1.57. The molecule has 0 amide bonds. The zero-order valence-corrected chi connectivity index (χ0v) is 10.7. The molecule has 1 aromatic carbocycles. The van der Waals surface area contributed by atoms with Gasteiger partial charge in [0.1, 0.15) is 5.75 Å². The van der Waals surface area contributed by atoms with E-state index in [2.05, 4.69) is 10.1 Å². The van der Waals surface area contributed by atoms with Crippen LogP contribution in [0.3, 0.4) is 0 Å². The van der Waals surface area contributed by atoms with Crippen LogP contribution in [0.5, 0.6) is 5.75 Å². The summed E-state index contributed by atoms with van der Waals surface area (Å²) in [5.74, 6) is 0.181. The maximum Gasteiger partial charge on any atom is 0.387 e. The van der Waals surface area contributed by atoms with E-state index in [-0.39, 0.29) is 11.8 Å². The minimum absolute atomic E-state index is 0.0617. The molecule has 5 heteroatoms. The number of rotatable bonds is 8. The average molecular weight is 259 g/mol. The van der Waals surface area contributed by atoms with Crippen LogP contribution in [0.2, 0.25) is 0 Å². The van der Waals surface area contributed by atoms with Crippen molar-refractivity contribution in [2.24, 2.45) is 0 Å². The lowest BCUT2D eigenvalue weighted by molar-refractivity contribution is -0.0499. The Morgan fingerprint density at radius 2 is 2.11 bits per heavy atom. The number of halogens is 2. The fraction of sp³-hybridized carbons (Fsp3) is 0.538. The third-order valence-electron chi connectivity index (χ3n) is 2.48. The minimum atomic E-state index is -2.79. The van der Waals surface area contributed by atoms with Gasteiger partial charge in [0.2, 0.25) is 0 Å². The predicted molar refractivity (Wildman–Crippen MR) is 66.0 cm³/mol. The van der Waals surface area contributed by atoms with Crippen molar-refractivity contribution in [1.82, 2.24) is 5.32 Å². The van der Waals surface area contributed by atoms with E-state index in [1.807, 2.05) is 19.9 Å². The molecule has 0 heterocycles. The predicted octanol–water partition coefficient (Wildman–Crippen LogP) is 2.98. The van der Waals surface area contributed by atoms with Crippen LogP contribution in [0.4, 0.5) is 8.78 Å². The van der Waals surface area contributed by atoms with Gasteiger partial charge in [-0.1, -0.05) is 12.1 Å². The topological polar surface area (TPSA) is 30.5 Å². The summed E-state index contributed by atoms with van der Waals surface area (Å²) in [4.78, 5) is 0. The highest BCUT2D eigenvalue weighted by atomic mass is 19.3. The summed E-state index contributed by atoms with van der Waals surface area (Å²) in [6.45, 7) is 3.15. The van der Waals surface area contributed by atoms with Crippen LogP contribution in [0.1, 0.15) is 25.5 Å². The van der Waals surface area contributed by atoms with E-state index in [0.29, 0.717) is 13.2 Å². The van der Waals surface area contributed by atoms with Gasteiger partial charge < -0.3 is 14.8 Å². The molecule has 0 fully saturated rings. The largest absolute Gasteiger partial charge is 0.435 e. The summed E-state index contributed by atoms with van der Waals surface area (Å²) in [6, 6.07) is 6.77. The molecule has 102 valence electrons. The number of alkyl halides is 2. The van der Waals surface area contributed by atoms with Gasteiger partial charge in [0, 0.05) is 19.2 Å². The highest BCUT2D eigenvalue weighted by molar-refractivity contribution is 5.30. The van der Waals surface area contributed by atoms with Gasteiger partial charge in [-0.3, -0.25) is 0 Å². The molecule has 1 aromatic rings. The van der Waals surface area contributed by atoms with Crippen molar-refractivity contribution in [3.8, 4) is 5.75 Å². The summed E-state index contributed by atoms with van der Waals surface area (Å²) in [5, 5.41) is 3.25. The van der Waals surface area contributed by atoms with Gasteiger partial charge >= 0.3 is 6.61 Å². The van der Waals surface area contributed by atoms with Gasteiger partial charge in [-0.2, -0.15) is 8.78 Å². The molecule has 1 rings (SSSR count). The quantitative estimate of drug-likeness (QED) is 0.728. The summed E-state index contributed by atoms with van der Waals surface area (Å²) in [5.41, 5.74) is 0.907. The number of hydrogen-bond donors (Lipinski definition) is 1. The summed E-state index contributed by atoms with van der Waals surface area (Å²) in [7, 11) is 0. The van der Waals surface area contributed by atoms with Gasteiger partial charge in [0.15, 0.2) is 0 Å². The van der Waals surface area contributed by atoms with Gasteiger partial charge in [-0.25, -0.2) is 0 Å². The monoisotopic (exact) mass is 259 g/mol. The molecule has 0 radical (unpaired) electrons. The second-order valence-corrected chi connectivity index (χ2v) is 3.82. The van der Waals surface area contributed by atoms with Gasteiger partial charge in [0.05, 0.1) is 6.61 Å². The van der Waals surface area contributed by atoms with Crippen LogP contribution in [0.25, 0.3) is 0 Å². The van der Waals surface area contributed by atoms with Crippen LogP contribution in [-0.2, 0) is 4.74 Å². The molecule has 1 unspecified atom stereocenters. The van der Waals surface area contributed by atoms with Gasteiger partial charge in [-0.15, -0.1) is 0 Å². The van der Waals surface area contributed by atoms with Gasteiger partial charge in [0.25, 0.3) is 0 Å². The van der Waals surface area contributed by atoms with E-state index >= 15 is 0 Å². The van der Waals surface area contributed by atoms with Crippen molar-refractivity contribution in [3.05, 3.63) is 29.8 Å². The lowest BCUT2D eigenvalue weighted by Crippen LogP contribution is -2.23. The van der Waals surface area contributed by atoms with E-state index in [4.69, 9.17) is 4.74 Å². The number of hydrogen-bond acceptors (Lipinski definition) is 3. The normalized spacial score (nSPS) is 12.7. The molecule has 3 nitrogen and oxygen atoms in total. The van der Waals surface area contributed by atoms with Crippen LogP contribution >= 0.6 is 0 Å². The molecule has 1 atom stereocenters. The second kappa shape index (κ2) is 8.00. The zero-order chi connectivity index (χ0) is 13.4. The molecule has 0 aromatic heterocycles. The third-order valence-corrected chi connectivity index (χ3v) is 2.48. The molecule has 0 spiro atoms. The maximum absolute atomic E-state index is 12.1. The molecule has 18 heavy (non-hydrogen) atoms. The average Bonchev–Trinajstić information content (AvgIpc) is 2.34. The second-order valence-electron chi connectivity index (χ2n) is 3.82. The number of benzene rings is 1. The van der Waals surface area contributed by atoms with Gasteiger partial charge in [-0.05, 0) is 31.5 Å². The van der Waals surface area contributed by atoms with E-state index in [9.17, 15) is 8.78 Å². The van der Waals surface area contributed by atoms with Crippen molar-refractivity contribution < 1.29 is 18.3 Å². The van der Waals surface area contributed by atoms with E-state index in [0.717, 1.165) is 12.1 Å². The van der Waals surface area contributed by atoms with Crippen molar-refractivity contribution in [3.63, 3.8) is 0 Å². The molecule has 0 bridgehead atoms. The molecule has 1 N–H and O–H groups in total. The van der Waals surface area contributed by atoms with Crippen molar-refractivity contribution >= 4 is 0 Å². The lowest BCUT2D eigenvalue weighted by atomic mass is 10.1. The molecule has 0 saturated carbocycles. The fourth-order valence-electron chi connectivity index (χ4n) is 1.57. The number of ether oxygens (including phenoxy) is 2. The first-order valence-electron chi connectivity index (χ1n) is 5.99. The van der Waals surface area contributed by atoms with Crippen LogP contribution < -0.4 is 10.1 Å². The van der Waals surface area contributed by atoms with E-state index in [1.165, 1.54) is 6.07 Å². The maximum atomic E-state index is 12.1. The SMILES string of the molecule is CCOCCNC(C)c1cccc(OC(F)F)c1. The molecular formula is C13H19F2NO2. The Morgan fingerprint density at radius 3 is 2.78 bits per heavy atom. The van der Waals surface area contributed by atoms with Crippen molar-refractivity contribution in [1.29, 1.82) is 0 Å².